The Morgan fingerprint density at radius 1 is 0.523 bits per heavy atom. The van der Waals surface area contributed by atoms with Gasteiger partial charge in [0.1, 0.15) is 33.4 Å². The third-order valence-corrected chi connectivity index (χ3v) is 15.0. The van der Waals surface area contributed by atoms with Crippen LogP contribution in [0.1, 0.15) is 40.2 Å². The average molecular weight is 1980 g/mol. The lowest BCUT2D eigenvalue weighted by Crippen LogP contribution is -2.17. The molecule has 0 saturated heterocycles. The lowest BCUT2D eigenvalue weighted by atomic mass is 10.2. The van der Waals surface area contributed by atoms with E-state index in [4.69, 9.17) is 43.9 Å². The number of rotatable bonds is 9. The van der Waals surface area contributed by atoms with Crippen LogP contribution in [0.15, 0.2) is 163 Å². The van der Waals surface area contributed by atoms with Crippen LogP contribution in [0.4, 0.5) is 82.4 Å². The number of carbonyl (C=O) groups excluding carboxylic acids is 5. The number of amides is 3. The molecule has 0 aliphatic rings. The highest BCUT2D eigenvalue weighted by molar-refractivity contribution is 15.0. The van der Waals surface area contributed by atoms with E-state index in [0.717, 1.165) is 17.5 Å². The third kappa shape index (κ3) is 48.8. The number of fused-ring (bicyclic) bond motifs is 2. The molecule has 598 valence electrons. The van der Waals surface area contributed by atoms with Crippen molar-refractivity contribution in [2.75, 3.05) is 54.7 Å². The van der Waals surface area contributed by atoms with E-state index in [1.165, 1.54) is 102 Å². The smallest absolute Gasteiger partial charge is 0.419 e. The standard InChI is InChI=1S/C13H17FN2O2Si.C10H9FN2O2.C8H8FIN2O2.C8H9FN2O2.C7H5FN2.C6H5ClO2S.C5H3F2N.C5H5FN2.C5H10Si.C3H5ClO2.I2/c1-5-18-13(17)16-12-10(6-7-11(14)15-12)8-9-19(2,3)4;1-2-15-10(14)13-6-5-7-3-4-8(11)12-9(7)13;1-2-14-8(13)12-7-5(10)3-4-6(9)11-7;1-2-13-8(12)11-7-5-3-4-6(9)10-7;8-6-2-1-5-3-4-9-7(5)10-6;7-10(8,9)6-4-2-1-3-5-6;2*6-4-2-1-3-5(7)8-4;1-5-6(2,3)4;1-2-6-3(4)5;1-2/h6-7H,5H2,1-4H3,(H,15,16,17);3-6H,2H2,1H3;3-4H,2H2,1H3,(H,11,12,13);3-5H,2H2,1H3,(H,10,11,12);1-4H,(H,9,10);1-5H;1-3H;1-3H,(H2,7,8);1H,2-4H3;2H2,1H3;. The van der Waals surface area contributed by atoms with E-state index in [9.17, 15) is 67.5 Å². The van der Waals surface area contributed by atoms with Gasteiger partial charge in [0, 0.05) is 82.7 Å². The SMILES string of the molecule is C#C[Si](C)(C)C.CCOC(=O)Cl.CCOC(=O)Nc1cccc(F)n1.CCOC(=O)Nc1nc(F)ccc1C#C[Si](C)(C)C.CCOC(=O)Nc1nc(F)ccc1I.CCOC(=O)n1ccc2ccc(F)nc21.Fc1ccc2cc[nH]c2n1.Fc1cccc(F)n1.II.Nc1cccc(F)n1.O=S(=O)(Cl)c1ccccc1. The largest absolute Gasteiger partial charge is 0.454 e. The Morgan fingerprint density at radius 3 is 1.41 bits per heavy atom. The van der Waals surface area contributed by atoms with E-state index in [2.05, 4.69) is 164 Å². The number of H-pyrrole nitrogens is 1. The Labute approximate surface area is 684 Å². The zero-order chi connectivity index (χ0) is 84.3. The van der Waals surface area contributed by atoms with Gasteiger partial charge in [0.15, 0.2) is 17.3 Å². The van der Waals surface area contributed by atoms with Gasteiger partial charge in [-0.3, -0.25) is 16.0 Å². The van der Waals surface area contributed by atoms with Crippen molar-refractivity contribution in [2.45, 2.75) is 78.8 Å². The van der Waals surface area contributed by atoms with Gasteiger partial charge in [-0.25, -0.2) is 66.9 Å². The van der Waals surface area contributed by atoms with Crippen molar-refractivity contribution in [1.29, 1.82) is 0 Å². The van der Waals surface area contributed by atoms with Crippen LogP contribution >= 0.6 is 82.1 Å². The summed E-state index contributed by atoms with van der Waals surface area (Å²) in [6.07, 6.45) is 5.87. The van der Waals surface area contributed by atoms with Crippen LogP contribution < -0.4 is 21.7 Å². The van der Waals surface area contributed by atoms with Gasteiger partial charge in [0.25, 0.3) is 9.05 Å². The molecule has 0 spiro atoms. The first-order valence-electron chi connectivity index (χ1n) is 31.7. The topological polar surface area (TPSA) is 339 Å². The fraction of sp³-hybridized carbons (Fsp3) is 0.229. The fourth-order valence-corrected chi connectivity index (χ4v) is 8.25. The van der Waals surface area contributed by atoms with Crippen LogP contribution in [0, 0.1) is 74.6 Å². The predicted molar refractivity (Wildman–Crippen MR) is 441 cm³/mol. The Morgan fingerprint density at radius 2 is 0.964 bits per heavy atom. The zero-order valence-corrected chi connectivity index (χ0v) is 71.8. The summed E-state index contributed by atoms with van der Waals surface area (Å²) in [4.78, 5) is 81.0. The highest BCUT2D eigenvalue weighted by Crippen LogP contribution is 2.18. The molecule has 10 rings (SSSR count). The highest BCUT2D eigenvalue weighted by atomic mass is 128. The molecule has 41 heteroatoms. The maximum Gasteiger partial charge on any atom is 0.419 e. The Bertz CT molecular complexity index is 4670. The summed E-state index contributed by atoms with van der Waals surface area (Å²) in [5, 5.41) is 8.62. The maximum absolute atomic E-state index is 13.1. The minimum absolute atomic E-state index is 0.0872. The van der Waals surface area contributed by atoms with Gasteiger partial charge >= 0.3 is 29.8 Å². The second-order valence-corrected chi connectivity index (χ2v) is 35.4. The average Bonchev–Trinajstić information content (AvgIpc) is 1.66. The molecular formula is C70H76Cl2F8I3N13O12SSi2. The van der Waals surface area contributed by atoms with Crippen molar-refractivity contribution in [3.8, 4) is 23.4 Å². The molecule has 6 N–H and O–H groups in total. The van der Waals surface area contributed by atoms with Gasteiger partial charge in [0.2, 0.25) is 47.6 Å². The van der Waals surface area contributed by atoms with Gasteiger partial charge in [-0.1, -0.05) is 81.6 Å². The molecule has 9 heterocycles. The Hall–Kier alpha value is -9.39. The number of carbonyl (C=O) groups is 5. The van der Waals surface area contributed by atoms with E-state index in [1.807, 2.05) is 28.7 Å². The lowest BCUT2D eigenvalue weighted by Gasteiger charge is -2.07. The third-order valence-electron chi connectivity index (χ3n) is 10.9. The zero-order valence-electron chi connectivity index (χ0n) is 61.0. The van der Waals surface area contributed by atoms with Crippen molar-refractivity contribution in [3.63, 3.8) is 0 Å². The number of hydrogen-bond acceptors (Lipinski definition) is 20. The number of nitrogen functional groups attached to an aromatic ring is 1. The summed E-state index contributed by atoms with van der Waals surface area (Å²) in [5.74, 6) is -1.59. The normalized spacial score (nSPS) is 9.83. The number of ether oxygens (including phenoxy) is 5. The highest BCUT2D eigenvalue weighted by Gasteiger charge is 2.15. The van der Waals surface area contributed by atoms with Crippen molar-refractivity contribution in [1.82, 2.24) is 44.4 Å². The minimum atomic E-state index is -3.53. The molecule has 1 aromatic carbocycles. The number of nitrogens with two attached hydrogens (primary N) is 1. The van der Waals surface area contributed by atoms with Crippen LogP contribution in [0.3, 0.4) is 0 Å². The first-order chi connectivity index (χ1) is 52.3. The predicted octanol–water partition coefficient (Wildman–Crippen LogP) is 19.5. The number of pyridine rings is 7. The summed E-state index contributed by atoms with van der Waals surface area (Å²) in [6.45, 7) is 22.5. The van der Waals surface area contributed by atoms with Gasteiger partial charge in [-0.2, -0.15) is 40.1 Å². The van der Waals surface area contributed by atoms with E-state index in [1.54, 1.807) is 77.2 Å². The monoisotopic (exact) mass is 1980 g/mol. The molecule has 0 unspecified atom stereocenters. The maximum atomic E-state index is 13.1. The number of aromatic nitrogens is 9. The summed E-state index contributed by atoms with van der Waals surface area (Å²) >= 11 is 10.9. The van der Waals surface area contributed by atoms with Crippen molar-refractivity contribution in [3.05, 3.63) is 215 Å². The molecule has 0 aliphatic carbocycles. The van der Waals surface area contributed by atoms with Crippen molar-refractivity contribution >= 4 is 182 Å². The Balaban J connectivity index is 0.00000123. The summed E-state index contributed by atoms with van der Waals surface area (Å²) < 4.78 is 145. The van der Waals surface area contributed by atoms with E-state index in [-0.39, 0.29) is 60.2 Å². The molecule has 10 aromatic rings. The molecular weight excluding hydrogens is 1910 g/mol. The van der Waals surface area contributed by atoms with Crippen LogP contribution in [0.5, 0.6) is 0 Å². The molecule has 3 amide bonds. The summed E-state index contributed by atoms with van der Waals surface area (Å²) in [5.41, 5.74) is 11.6. The number of anilines is 4. The van der Waals surface area contributed by atoms with E-state index < -0.39 is 103 Å². The first-order valence-corrected chi connectivity index (χ1v) is 48.8. The number of nitrogens with one attached hydrogen (secondary N) is 4. The van der Waals surface area contributed by atoms with Crippen LogP contribution in [-0.4, -0.2) is 132 Å². The number of hydrogen-bond donors (Lipinski definition) is 5. The van der Waals surface area contributed by atoms with Gasteiger partial charge in [0.05, 0.1) is 47.1 Å². The number of aromatic amines is 1. The number of terminal acetylenes is 1. The van der Waals surface area contributed by atoms with Gasteiger partial charge in [-0.05, 0) is 166 Å². The van der Waals surface area contributed by atoms with Crippen LogP contribution in [0.25, 0.3) is 22.1 Å². The van der Waals surface area contributed by atoms with Crippen LogP contribution in [-0.2, 0) is 32.7 Å². The quantitative estimate of drug-likeness (QED) is 0.0170. The second-order valence-electron chi connectivity index (χ2n) is 21.8. The number of nitrogens with zero attached hydrogens (tertiary/aromatic N) is 8. The van der Waals surface area contributed by atoms with Gasteiger partial charge < -0.3 is 34.4 Å². The number of halogens is 13. The Kier molecular flexibility index (Phi) is 51.2. The molecule has 0 radical (unpaired) electrons. The minimum Gasteiger partial charge on any atom is -0.454 e. The summed E-state index contributed by atoms with van der Waals surface area (Å²) in [7, 11) is -1.16. The molecule has 111 heavy (non-hydrogen) atoms. The van der Waals surface area contributed by atoms with Crippen LogP contribution in [0.2, 0.25) is 39.3 Å². The first kappa shape index (κ1) is 102. The van der Waals surface area contributed by atoms with Gasteiger partial charge in [-0.15, -0.1) is 17.5 Å². The van der Waals surface area contributed by atoms with Crippen molar-refractivity contribution < 1.29 is 91.2 Å². The summed E-state index contributed by atoms with van der Waals surface area (Å²) in [6, 6.07) is 34.5. The molecule has 0 saturated carbocycles. The lowest BCUT2D eigenvalue weighted by molar-refractivity contribution is 0.154. The van der Waals surface area contributed by atoms with E-state index in [0.29, 0.717) is 26.8 Å². The van der Waals surface area contributed by atoms with Crippen molar-refractivity contribution in [2.24, 2.45) is 0 Å². The number of benzene rings is 1. The molecule has 9 aromatic heterocycles. The molecule has 0 atom stereocenters. The molecule has 25 nitrogen and oxygen atoms in total. The molecule has 0 aliphatic heterocycles. The second kappa shape index (κ2) is 55.9. The fourth-order valence-electron chi connectivity index (χ4n) is 6.41. The molecule has 0 bridgehead atoms. The van der Waals surface area contributed by atoms with E-state index >= 15 is 0 Å². The molecule has 0 fully saturated rings.